The number of halogens is 4. The predicted octanol–water partition coefficient (Wildman–Crippen LogP) is 1.81. The standard InChI is InChI=1S/C22H24ClF3N4O5/c1-9-5-10(18(32)28-9)6-16(17(31)21(35)27-2)30-20(34)13-7-11(23)3-4-15(13)29-19(33)12-8-14(12)22(24,25)26/h3-4,7,9-10,12,14,16H,5-6,8H2,1-2H3,(H,27,35)(H,28,32)(H,29,33)(H,30,34)/t9-,10+,12?,14?,16?/m1/s1. The molecule has 1 saturated heterocycles. The van der Waals surface area contributed by atoms with Gasteiger partial charge >= 0.3 is 6.18 Å². The van der Waals surface area contributed by atoms with Gasteiger partial charge in [0.25, 0.3) is 11.8 Å². The van der Waals surface area contributed by atoms with Crippen molar-refractivity contribution in [2.75, 3.05) is 12.4 Å². The molecule has 13 heteroatoms. The molecule has 3 rings (SSSR count). The van der Waals surface area contributed by atoms with E-state index in [1.165, 1.54) is 25.2 Å². The monoisotopic (exact) mass is 516 g/mol. The summed E-state index contributed by atoms with van der Waals surface area (Å²) in [5, 5.41) is 9.69. The molecule has 0 spiro atoms. The number of alkyl halides is 3. The Morgan fingerprint density at radius 1 is 1.20 bits per heavy atom. The molecule has 4 N–H and O–H groups in total. The highest BCUT2D eigenvalue weighted by Crippen LogP contribution is 2.50. The van der Waals surface area contributed by atoms with Gasteiger partial charge < -0.3 is 21.3 Å². The summed E-state index contributed by atoms with van der Waals surface area (Å²) >= 11 is 5.97. The van der Waals surface area contributed by atoms with Gasteiger partial charge in [-0.2, -0.15) is 13.2 Å². The summed E-state index contributed by atoms with van der Waals surface area (Å²) in [5.74, 6) is -7.73. The van der Waals surface area contributed by atoms with Crippen LogP contribution in [0.2, 0.25) is 5.02 Å². The molecule has 1 saturated carbocycles. The third-order valence-electron chi connectivity index (χ3n) is 6.02. The van der Waals surface area contributed by atoms with E-state index in [2.05, 4.69) is 21.3 Å². The molecule has 5 atom stereocenters. The number of amides is 4. The predicted molar refractivity (Wildman–Crippen MR) is 118 cm³/mol. The SMILES string of the molecule is CNC(=O)C(=O)C(C[C@@H]1C[C@@H](C)NC1=O)NC(=O)c1cc(Cl)ccc1NC(=O)C1CC1C(F)(F)F. The first kappa shape index (κ1) is 26.5. The molecule has 190 valence electrons. The fourth-order valence-corrected chi connectivity index (χ4v) is 4.25. The zero-order chi connectivity index (χ0) is 26.1. The lowest BCUT2D eigenvalue weighted by Gasteiger charge is -2.20. The Kier molecular flexibility index (Phi) is 7.73. The molecular weight excluding hydrogens is 493 g/mol. The molecule has 2 aliphatic rings. The Bertz CT molecular complexity index is 1060. The van der Waals surface area contributed by atoms with E-state index in [9.17, 15) is 37.1 Å². The molecule has 2 fully saturated rings. The van der Waals surface area contributed by atoms with Gasteiger partial charge in [-0.25, -0.2) is 0 Å². The Morgan fingerprint density at radius 2 is 1.89 bits per heavy atom. The highest BCUT2D eigenvalue weighted by atomic mass is 35.5. The number of rotatable bonds is 8. The molecule has 0 radical (unpaired) electrons. The molecule has 9 nitrogen and oxygen atoms in total. The fraction of sp³-hybridized carbons (Fsp3) is 0.500. The number of Topliss-reactive ketones (excluding diaryl/α,β-unsaturated/α-hetero) is 1. The Balaban J connectivity index is 1.79. The van der Waals surface area contributed by atoms with Crippen molar-refractivity contribution < 1.29 is 37.1 Å². The maximum Gasteiger partial charge on any atom is 0.392 e. The van der Waals surface area contributed by atoms with Crippen molar-refractivity contribution in [3.63, 3.8) is 0 Å². The summed E-state index contributed by atoms with van der Waals surface area (Å²) in [6.45, 7) is 1.77. The lowest BCUT2D eigenvalue weighted by Crippen LogP contribution is -2.48. The van der Waals surface area contributed by atoms with Crippen LogP contribution in [0.1, 0.15) is 36.5 Å². The van der Waals surface area contributed by atoms with Crippen LogP contribution in [0, 0.1) is 17.8 Å². The highest BCUT2D eigenvalue weighted by Gasteiger charge is 2.58. The van der Waals surface area contributed by atoms with Crippen molar-refractivity contribution >= 4 is 46.7 Å². The smallest absolute Gasteiger partial charge is 0.353 e. The van der Waals surface area contributed by atoms with Gasteiger partial charge in [0.15, 0.2) is 0 Å². The average molecular weight is 517 g/mol. The Labute approximate surface area is 203 Å². The quantitative estimate of drug-likeness (QED) is 0.391. The first-order chi connectivity index (χ1) is 16.3. The summed E-state index contributed by atoms with van der Waals surface area (Å²) < 4.78 is 38.5. The van der Waals surface area contributed by atoms with Gasteiger partial charge in [0.1, 0.15) is 0 Å². The lowest BCUT2D eigenvalue weighted by atomic mass is 9.93. The van der Waals surface area contributed by atoms with E-state index in [1.54, 1.807) is 6.92 Å². The number of carbonyl (C=O) groups excluding carboxylic acids is 5. The number of hydrogen-bond donors (Lipinski definition) is 4. The fourth-order valence-electron chi connectivity index (χ4n) is 4.08. The van der Waals surface area contributed by atoms with Gasteiger partial charge in [0, 0.05) is 24.0 Å². The maximum absolute atomic E-state index is 13.1. The van der Waals surface area contributed by atoms with Crippen molar-refractivity contribution in [3.8, 4) is 0 Å². The molecular formula is C22H24ClF3N4O5. The van der Waals surface area contributed by atoms with Crippen LogP contribution >= 0.6 is 11.6 Å². The maximum atomic E-state index is 13.1. The third kappa shape index (κ3) is 6.30. The number of benzene rings is 1. The number of carbonyl (C=O) groups is 5. The minimum atomic E-state index is -4.50. The number of ketones is 1. The van der Waals surface area contributed by atoms with E-state index in [0.717, 1.165) is 0 Å². The van der Waals surface area contributed by atoms with Gasteiger partial charge in [-0.05, 0) is 44.4 Å². The zero-order valence-electron chi connectivity index (χ0n) is 18.8. The second-order valence-electron chi connectivity index (χ2n) is 8.72. The molecule has 3 unspecified atom stereocenters. The van der Waals surface area contributed by atoms with Gasteiger partial charge in [0.05, 0.1) is 29.1 Å². The summed E-state index contributed by atoms with van der Waals surface area (Å²) in [7, 11) is 1.24. The highest BCUT2D eigenvalue weighted by molar-refractivity contribution is 6.38. The number of anilines is 1. The largest absolute Gasteiger partial charge is 0.392 e. The topological polar surface area (TPSA) is 133 Å². The molecule has 1 aromatic rings. The average Bonchev–Trinajstić information content (AvgIpc) is 3.54. The van der Waals surface area contributed by atoms with Crippen LogP contribution in [-0.2, 0) is 19.2 Å². The Hall–Kier alpha value is -3.15. The van der Waals surface area contributed by atoms with Crippen LogP contribution in [0.4, 0.5) is 18.9 Å². The minimum absolute atomic E-state index is 0.0888. The van der Waals surface area contributed by atoms with E-state index in [-0.39, 0.29) is 41.1 Å². The summed E-state index contributed by atoms with van der Waals surface area (Å²) in [6, 6.07) is 2.24. The molecule has 1 heterocycles. The van der Waals surface area contributed by atoms with Crippen LogP contribution in [0.5, 0.6) is 0 Å². The second kappa shape index (κ2) is 10.2. The first-order valence-electron chi connectivity index (χ1n) is 10.9. The summed E-state index contributed by atoms with van der Waals surface area (Å²) in [6.07, 6.45) is -4.60. The van der Waals surface area contributed by atoms with E-state index in [0.29, 0.717) is 6.42 Å². The normalized spacial score (nSPS) is 24.2. The number of hydrogen-bond acceptors (Lipinski definition) is 5. The third-order valence-corrected chi connectivity index (χ3v) is 6.26. The lowest BCUT2D eigenvalue weighted by molar-refractivity contribution is -0.153. The van der Waals surface area contributed by atoms with Crippen LogP contribution in [0.15, 0.2) is 18.2 Å². The van der Waals surface area contributed by atoms with Crippen molar-refractivity contribution in [3.05, 3.63) is 28.8 Å². The van der Waals surface area contributed by atoms with Crippen LogP contribution < -0.4 is 21.3 Å². The van der Waals surface area contributed by atoms with Crippen molar-refractivity contribution in [2.24, 2.45) is 17.8 Å². The molecule has 0 aromatic heterocycles. The van der Waals surface area contributed by atoms with Gasteiger partial charge in [0.2, 0.25) is 17.6 Å². The van der Waals surface area contributed by atoms with Gasteiger partial charge in [-0.3, -0.25) is 24.0 Å². The molecule has 1 aromatic carbocycles. The molecule has 1 aliphatic carbocycles. The second-order valence-corrected chi connectivity index (χ2v) is 9.15. The van der Waals surface area contributed by atoms with Crippen LogP contribution in [0.3, 0.4) is 0 Å². The van der Waals surface area contributed by atoms with Crippen molar-refractivity contribution in [2.45, 2.75) is 44.4 Å². The van der Waals surface area contributed by atoms with Gasteiger partial charge in [-0.1, -0.05) is 11.6 Å². The van der Waals surface area contributed by atoms with E-state index in [1.807, 2.05) is 0 Å². The van der Waals surface area contributed by atoms with Crippen molar-refractivity contribution in [1.29, 1.82) is 0 Å². The van der Waals surface area contributed by atoms with E-state index in [4.69, 9.17) is 11.6 Å². The summed E-state index contributed by atoms with van der Waals surface area (Å²) in [4.78, 5) is 62.1. The number of nitrogens with one attached hydrogen (secondary N) is 4. The van der Waals surface area contributed by atoms with Gasteiger partial charge in [-0.15, -0.1) is 0 Å². The molecule has 1 aliphatic heterocycles. The Morgan fingerprint density at radius 3 is 2.43 bits per heavy atom. The van der Waals surface area contributed by atoms with Crippen LogP contribution in [0.25, 0.3) is 0 Å². The molecule has 4 amide bonds. The first-order valence-corrected chi connectivity index (χ1v) is 11.2. The minimum Gasteiger partial charge on any atom is -0.353 e. The summed E-state index contributed by atoms with van der Waals surface area (Å²) in [5.41, 5.74) is -0.322. The van der Waals surface area contributed by atoms with E-state index < -0.39 is 53.5 Å². The van der Waals surface area contributed by atoms with Crippen molar-refractivity contribution in [1.82, 2.24) is 16.0 Å². The molecule has 0 bridgehead atoms. The zero-order valence-corrected chi connectivity index (χ0v) is 19.5. The van der Waals surface area contributed by atoms with Crippen LogP contribution in [-0.4, -0.2) is 54.7 Å². The number of likely N-dealkylation sites (N-methyl/N-ethyl adjacent to an activating group) is 1. The van der Waals surface area contributed by atoms with E-state index >= 15 is 0 Å². The molecule has 35 heavy (non-hydrogen) atoms.